The molecule has 3 rings (SSSR count). The van der Waals surface area contributed by atoms with Crippen molar-refractivity contribution in [2.75, 3.05) is 12.4 Å². The molecule has 3 aromatic rings. The number of carbonyl (C=O) groups is 1. The number of phenols is 1. The maximum atomic E-state index is 12.3. The van der Waals surface area contributed by atoms with Crippen LogP contribution in [-0.2, 0) is 0 Å². The van der Waals surface area contributed by atoms with E-state index in [1.807, 2.05) is 18.2 Å². The van der Waals surface area contributed by atoms with E-state index < -0.39 is 0 Å². The van der Waals surface area contributed by atoms with Crippen LogP contribution in [0.3, 0.4) is 0 Å². The number of aromatic nitrogens is 2. The van der Waals surface area contributed by atoms with Gasteiger partial charge in [-0.25, -0.2) is 0 Å². The number of nitrogens with zero attached hydrogens (tertiary/aromatic N) is 2. The topological polar surface area (TPSA) is 84.3 Å². The van der Waals surface area contributed by atoms with Gasteiger partial charge in [0.25, 0.3) is 5.91 Å². The van der Waals surface area contributed by atoms with Crippen molar-refractivity contribution in [2.24, 2.45) is 0 Å². The number of phenolic OH excluding ortho intramolecular Hbond substituents is 1. The van der Waals surface area contributed by atoms with Gasteiger partial charge in [0, 0.05) is 10.2 Å². The van der Waals surface area contributed by atoms with Crippen LogP contribution in [0.25, 0.3) is 11.1 Å². The first-order valence-electron chi connectivity index (χ1n) is 7.62. The molecule has 0 saturated heterocycles. The lowest BCUT2D eigenvalue weighted by atomic mass is 10.2. The second-order valence-corrected chi connectivity index (χ2v) is 7.51. The lowest BCUT2D eigenvalue weighted by molar-refractivity contribution is 0.102. The number of carbonyl (C=O) groups excluding carboxylic acids is 1. The van der Waals surface area contributed by atoms with Gasteiger partial charge in [0.15, 0.2) is 16.5 Å². The Kier molecular flexibility index (Phi) is 6.10. The van der Waals surface area contributed by atoms with Gasteiger partial charge < -0.3 is 15.2 Å². The molecule has 0 aliphatic heterocycles. The number of amides is 1. The third-order valence-electron chi connectivity index (χ3n) is 3.44. The van der Waals surface area contributed by atoms with Crippen LogP contribution in [0.1, 0.15) is 20.4 Å². The van der Waals surface area contributed by atoms with Crippen LogP contribution < -0.4 is 10.1 Å². The molecule has 1 heterocycles. The van der Waals surface area contributed by atoms with E-state index in [9.17, 15) is 9.90 Å². The molecule has 138 valence electrons. The molecule has 0 unspecified atom stereocenters. The number of methoxy groups -OCH3 is 1. The van der Waals surface area contributed by atoms with E-state index >= 15 is 0 Å². The normalized spacial score (nSPS) is 11.3. The number of benzene rings is 2. The maximum Gasteiger partial charge on any atom is 0.286 e. The van der Waals surface area contributed by atoms with Crippen molar-refractivity contribution in [2.45, 2.75) is 0 Å². The number of hydrogen-bond donors (Lipinski definition) is 2. The fourth-order valence-electron chi connectivity index (χ4n) is 2.15. The molecule has 2 aromatic carbocycles. The molecule has 0 atom stereocenters. The summed E-state index contributed by atoms with van der Waals surface area (Å²) in [7, 11) is 1.46. The lowest BCUT2D eigenvalue weighted by Crippen LogP contribution is -2.11. The molecule has 0 aliphatic carbocycles. The summed E-state index contributed by atoms with van der Waals surface area (Å²) in [4.78, 5) is 12.3. The third-order valence-corrected chi connectivity index (χ3v) is 5.48. The Bertz CT molecular complexity index is 1010. The molecule has 1 aromatic heterocycles. The third kappa shape index (κ3) is 4.65. The summed E-state index contributed by atoms with van der Waals surface area (Å²) >= 11 is 10.8. The number of para-hydroxylation sites is 1. The van der Waals surface area contributed by atoms with E-state index in [-0.39, 0.29) is 16.7 Å². The van der Waals surface area contributed by atoms with Gasteiger partial charge in [0.1, 0.15) is 0 Å². The first-order valence-corrected chi connectivity index (χ1v) is 9.60. The molecule has 2 N–H and O–H groups in total. The number of ether oxygens (including phenoxy) is 1. The highest BCUT2D eigenvalue weighted by molar-refractivity contribution is 9.10. The van der Waals surface area contributed by atoms with Gasteiger partial charge in [-0.15, -0.1) is 10.2 Å². The predicted molar refractivity (Wildman–Crippen MR) is 110 cm³/mol. The van der Waals surface area contributed by atoms with Crippen molar-refractivity contribution in [3.8, 4) is 11.5 Å². The SMILES string of the molecule is COc1cc(/C=C(/Cl)c2nnc(C(=O)Nc3ccccc3)s2)c(Br)cc1O. The largest absolute Gasteiger partial charge is 0.504 e. The standard InChI is InChI=1S/C18H13BrClN3O3S/c1-26-15-8-10(12(19)9-14(15)24)7-13(20)17-22-23-18(27-17)16(25)21-11-5-3-2-4-6-11/h2-9,24H,1H3,(H,21,25)/b13-7+. The van der Waals surface area contributed by atoms with E-state index in [2.05, 4.69) is 31.4 Å². The van der Waals surface area contributed by atoms with Crippen molar-refractivity contribution >= 4 is 61.6 Å². The molecule has 0 radical (unpaired) electrons. The van der Waals surface area contributed by atoms with E-state index in [0.29, 0.717) is 31.5 Å². The Morgan fingerprint density at radius 2 is 1.96 bits per heavy atom. The Balaban J connectivity index is 1.81. The average Bonchev–Trinajstić information content (AvgIpc) is 3.15. The fraction of sp³-hybridized carbons (Fsp3) is 0.0556. The Hall–Kier alpha value is -2.42. The van der Waals surface area contributed by atoms with Gasteiger partial charge >= 0.3 is 0 Å². The average molecular weight is 467 g/mol. The molecular formula is C18H13BrClN3O3S. The molecule has 0 fully saturated rings. The molecule has 1 amide bonds. The summed E-state index contributed by atoms with van der Waals surface area (Å²) in [6, 6.07) is 12.2. The van der Waals surface area contributed by atoms with Crippen LogP contribution >= 0.6 is 38.9 Å². The van der Waals surface area contributed by atoms with Crippen molar-refractivity contribution in [1.82, 2.24) is 10.2 Å². The summed E-state index contributed by atoms with van der Waals surface area (Å²) in [6.07, 6.45) is 1.65. The van der Waals surface area contributed by atoms with Crippen LogP contribution in [0.15, 0.2) is 46.9 Å². The highest BCUT2D eigenvalue weighted by Crippen LogP contribution is 2.35. The van der Waals surface area contributed by atoms with Crippen molar-refractivity contribution in [3.63, 3.8) is 0 Å². The molecule has 0 bridgehead atoms. The summed E-state index contributed by atoms with van der Waals surface area (Å²) in [6.45, 7) is 0. The van der Waals surface area contributed by atoms with Crippen LogP contribution in [0.2, 0.25) is 0 Å². The fourth-order valence-corrected chi connectivity index (χ4v) is 3.51. The minimum absolute atomic E-state index is 0.00781. The van der Waals surface area contributed by atoms with Crippen LogP contribution in [0.4, 0.5) is 5.69 Å². The predicted octanol–water partition coefficient (Wildman–Crippen LogP) is 5.00. The summed E-state index contributed by atoms with van der Waals surface area (Å²) < 4.78 is 5.73. The van der Waals surface area contributed by atoms with E-state index in [1.165, 1.54) is 13.2 Å². The summed E-state index contributed by atoms with van der Waals surface area (Å²) in [5.41, 5.74) is 1.35. The number of anilines is 1. The van der Waals surface area contributed by atoms with Gasteiger partial charge in [0.05, 0.1) is 12.1 Å². The van der Waals surface area contributed by atoms with Crippen molar-refractivity contribution in [1.29, 1.82) is 0 Å². The summed E-state index contributed by atoms with van der Waals surface area (Å²) in [5, 5.41) is 21.3. The van der Waals surface area contributed by atoms with Gasteiger partial charge in [0.2, 0.25) is 5.01 Å². The van der Waals surface area contributed by atoms with Crippen LogP contribution in [0, 0.1) is 0 Å². The van der Waals surface area contributed by atoms with Gasteiger partial charge in [-0.2, -0.15) is 0 Å². The lowest BCUT2D eigenvalue weighted by Gasteiger charge is -2.06. The smallest absolute Gasteiger partial charge is 0.286 e. The zero-order valence-corrected chi connectivity index (χ0v) is 17.1. The maximum absolute atomic E-state index is 12.3. The van der Waals surface area contributed by atoms with E-state index in [0.717, 1.165) is 11.3 Å². The molecule has 0 aliphatic rings. The molecule has 27 heavy (non-hydrogen) atoms. The Labute approximate surface area is 172 Å². The Morgan fingerprint density at radius 1 is 1.26 bits per heavy atom. The first kappa shape index (κ1) is 19.3. The molecule has 0 spiro atoms. The van der Waals surface area contributed by atoms with Gasteiger partial charge in [-0.05, 0) is 35.9 Å². The van der Waals surface area contributed by atoms with Crippen molar-refractivity contribution < 1.29 is 14.6 Å². The van der Waals surface area contributed by atoms with E-state index in [1.54, 1.807) is 24.3 Å². The number of nitrogens with one attached hydrogen (secondary N) is 1. The number of rotatable bonds is 5. The van der Waals surface area contributed by atoms with E-state index in [4.69, 9.17) is 16.3 Å². The quantitative estimate of drug-likeness (QED) is 0.552. The molecule has 9 heteroatoms. The highest BCUT2D eigenvalue weighted by atomic mass is 79.9. The monoisotopic (exact) mass is 465 g/mol. The van der Waals surface area contributed by atoms with Gasteiger partial charge in [-0.1, -0.05) is 57.1 Å². The number of halogens is 2. The molecule has 0 saturated carbocycles. The minimum atomic E-state index is -0.359. The minimum Gasteiger partial charge on any atom is -0.504 e. The van der Waals surface area contributed by atoms with Crippen LogP contribution in [-0.4, -0.2) is 28.3 Å². The zero-order chi connectivity index (χ0) is 19.4. The second kappa shape index (κ2) is 8.51. The zero-order valence-electron chi connectivity index (χ0n) is 13.9. The number of hydrogen-bond acceptors (Lipinski definition) is 6. The Morgan fingerprint density at radius 3 is 2.67 bits per heavy atom. The summed E-state index contributed by atoms with van der Waals surface area (Å²) in [5.74, 6) is -0.0376. The van der Waals surface area contributed by atoms with Gasteiger partial charge in [-0.3, -0.25) is 4.79 Å². The van der Waals surface area contributed by atoms with Crippen LogP contribution in [0.5, 0.6) is 11.5 Å². The molecular weight excluding hydrogens is 454 g/mol. The number of aromatic hydroxyl groups is 1. The first-order chi connectivity index (χ1) is 13.0. The van der Waals surface area contributed by atoms with Crippen molar-refractivity contribution in [3.05, 3.63) is 62.5 Å². The second-order valence-electron chi connectivity index (χ2n) is 5.27. The molecule has 6 nitrogen and oxygen atoms in total. The highest BCUT2D eigenvalue weighted by Gasteiger charge is 2.15.